The molecule has 0 aromatic heterocycles. The molecule has 10 atom stereocenters. The molecule has 5 rings (SSSR count). The van der Waals surface area contributed by atoms with E-state index in [1.165, 1.54) is 14.0 Å². The van der Waals surface area contributed by atoms with Crippen molar-refractivity contribution in [3.8, 4) is 0 Å². The third kappa shape index (κ3) is 2.96. The molecule has 0 amide bonds. The molecule has 174 valence electrons. The first-order valence-electron chi connectivity index (χ1n) is 12.2. The summed E-state index contributed by atoms with van der Waals surface area (Å²) < 4.78 is 16.6. The van der Waals surface area contributed by atoms with Gasteiger partial charge in [-0.2, -0.15) is 0 Å². The SMILES string of the molecule is COC(=O)CC1OC2CC3(O)C4CCC5CC(OC(C)=O)CCC5(C)C4CCC3(C)C12. The molecular weight excluding hydrogens is 396 g/mol. The van der Waals surface area contributed by atoms with E-state index in [9.17, 15) is 14.7 Å². The first kappa shape index (κ1) is 21.7. The number of methoxy groups -OCH3 is 1. The molecule has 31 heavy (non-hydrogen) atoms. The molecule has 0 aromatic carbocycles. The first-order valence-corrected chi connectivity index (χ1v) is 12.2. The van der Waals surface area contributed by atoms with Gasteiger partial charge in [-0.3, -0.25) is 9.59 Å². The van der Waals surface area contributed by atoms with E-state index in [1.807, 2.05) is 0 Å². The zero-order chi connectivity index (χ0) is 22.2. The number of aliphatic hydroxyl groups is 1. The fourth-order valence-electron chi connectivity index (χ4n) is 9.01. The summed E-state index contributed by atoms with van der Waals surface area (Å²) in [6.45, 7) is 6.20. The number of hydrogen-bond acceptors (Lipinski definition) is 6. The van der Waals surface area contributed by atoms with E-state index in [2.05, 4.69) is 13.8 Å². The highest BCUT2D eigenvalue weighted by Gasteiger charge is 2.73. The Morgan fingerprint density at radius 2 is 1.87 bits per heavy atom. The molecule has 1 heterocycles. The van der Waals surface area contributed by atoms with Crippen molar-refractivity contribution in [1.29, 1.82) is 0 Å². The minimum atomic E-state index is -0.725. The predicted octanol–water partition coefficient (Wildman–Crippen LogP) is 3.63. The van der Waals surface area contributed by atoms with Gasteiger partial charge in [-0.05, 0) is 68.1 Å². The third-order valence-corrected chi connectivity index (χ3v) is 10.5. The summed E-state index contributed by atoms with van der Waals surface area (Å²) in [6, 6.07) is 0. The number of hydrogen-bond donors (Lipinski definition) is 1. The molecular formula is C25H38O6. The molecule has 1 aliphatic heterocycles. The van der Waals surface area contributed by atoms with E-state index in [0.717, 1.165) is 44.9 Å². The van der Waals surface area contributed by atoms with Gasteiger partial charge < -0.3 is 19.3 Å². The van der Waals surface area contributed by atoms with Crippen molar-refractivity contribution in [1.82, 2.24) is 0 Å². The van der Waals surface area contributed by atoms with E-state index in [4.69, 9.17) is 14.2 Å². The van der Waals surface area contributed by atoms with E-state index in [0.29, 0.717) is 18.3 Å². The molecule has 0 radical (unpaired) electrons. The molecule has 1 N–H and O–H groups in total. The highest BCUT2D eigenvalue weighted by molar-refractivity contribution is 5.70. The van der Waals surface area contributed by atoms with E-state index >= 15 is 0 Å². The van der Waals surface area contributed by atoms with Crippen molar-refractivity contribution >= 4 is 11.9 Å². The van der Waals surface area contributed by atoms with Crippen LogP contribution in [0.4, 0.5) is 0 Å². The van der Waals surface area contributed by atoms with Crippen molar-refractivity contribution < 1.29 is 28.9 Å². The lowest BCUT2D eigenvalue weighted by atomic mass is 9.43. The zero-order valence-electron chi connectivity index (χ0n) is 19.4. The molecule has 1 saturated heterocycles. The highest BCUT2D eigenvalue weighted by Crippen LogP contribution is 2.71. The Labute approximate surface area is 185 Å². The quantitative estimate of drug-likeness (QED) is 0.683. The van der Waals surface area contributed by atoms with Gasteiger partial charge >= 0.3 is 11.9 Å². The predicted molar refractivity (Wildman–Crippen MR) is 113 cm³/mol. The van der Waals surface area contributed by atoms with Crippen LogP contribution >= 0.6 is 0 Å². The second-order valence-electron chi connectivity index (χ2n) is 11.6. The summed E-state index contributed by atoms with van der Waals surface area (Å²) in [7, 11) is 1.42. The number of carbonyl (C=O) groups excluding carboxylic acids is 2. The van der Waals surface area contributed by atoms with Crippen LogP contribution in [0.25, 0.3) is 0 Å². The third-order valence-electron chi connectivity index (χ3n) is 10.5. The number of fused-ring (bicyclic) bond motifs is 7. The Kier molecular flexibility index (Phi) is 5.02. The lowest BCUT2D eigenvalue weighted by Crippen LogP contribution is -2.63. The Bertz CT molecular complexity index is 767. The summed E-state index contributed by atoms with van der Waals surface area (Å²) in [5.74, 6) is 1.18. The van der Waals surface area contributed by atoms with Crippen molar-refractivity contribution in [2.75, 3.05) is 7.11 Å². The maximum absolute atomic E-state index is 12.3. The van der Waals surface area contributed by atoms with E-state index in [1.54, 1.807) is 0 Å². The normalized spacial score (nSPS) is 52.6. The Morgan fingerprint density at radius 1 is 1.10 bits per heavy atom. The average molecular weight is 435 g/mol. The Morgan fingerprint density at radius 3 is 2.58 bits per heavy atom. The largest absolute Gasteiger partial charge is 0.469 e. The molecule has 0 aromatic rings. The van der Waals surface area contributed by atoms with Crippen LogP contribution in [0.1, 0.15) is 78.6 Å². The van der Waals surface area contributed by atoms with Crippen LogP contribution in [0.2, 0.25) is 0 Å². The van der Waals surface area contributed by atoms with Gasteiger partial charge in [-0.1, -0.05) is 13.8 Å². The number of rotatable bonds is 3. The molecule has 5 aliphatic rings. The molecule has 6 heteroatoms. The molecule has 0 spiro atoms. The second kappa shape index (κ2) is 7.18. The Hall–Kier alpha value is -1.14. The van der Waals surface area contributed by atoms with Gasteiger partial charge in [0, 0.05) is 24.7 Å². The smallest absolute Gasteiger partial charge is 0.308 e. The fraction of sp³-hybridized carbons (Fsp3) is 0.920. The molecule has 4 aliphatic carbocycles. The summed E-state index contributed by atoms with van der Waals surface area (Å²) in [4.78, 5) is 23.3. The van der Waals surface area contributed by atoms with Crippen LogP contribution < -0.4 is 0 Å². The lowest BCUT2D eigenvalue weighted by molar-refractivity contribution is -0.236. The maximum Gasteiger partial charge on any atom is 0.308 e. The van der Waals surface area contributed by atoms with Crippen LogP contribution in [0.3, 0.4) is 0 Å². The van der Waals surface area contributed by atoms with Gasteiger partial charge in [0.05, 0.1) is 31.3 Å². The summed E-state index contributed by atoms with van der Waals surface area (Å²) in [5, 5.41) is 12.3. The van der Waals surface area contributed by atoms with Crippen molar-refractivity contribution in [3.05, 3.63) is 0 Å². The average Bonchev–Trinajstić information content (AvgIpc) is 2.88. The van der Waals surface area contributed by atoms with Crippen LogP contribution in [0, 0.1) is 34.5 Å². The molecule has 5 fully saturated rings. The van der Waals surface area contributed by atoms with Gasteiger partial charge in [-0.25, -0.2) is 0 Å². The van der Waals surface area contributed by atoms with E-state index in [-0.39, 0.29) is 59.3 Å². The molecule has 10 unspecified atom stereocenters. The minimum Gasteiger partial charge on any atom is -0.469 e. The van der Waals surface area contributed by atoms with Crippen LogP contribution in [-0.4, -0.2) is 48.1 Å². The summed E-state index contributed by atoms with van der Waals surface area (Å²) in [6.07, 6.45) is 8.18. The number of ether oxygens (including phenoxy) is 3. The number of carbonyl (C=O) groups is 2. The van der Waals surface area contributed by atoms with Crippen molar-refractivity contribution in [2.45, 2.75) is 102 Å². The molecule has 6 nitrogen and oxygen atoms in total. The standard InChI is InChI=1S/C25H38O6/c1-14(26)30-16-7-9-23(2)15(11-16)5-6-18-17(23)8-10-24(3)22-19(12-21(27)29-4)31-20(22)13-25(18,24)28/h15-20,22,28H,5-13H2,1-4H3. The summed E-state index contributed by atoms with van der Waals surface area (Å²) >= 11 is 0. The first-order chi connectivity index (χ1) is 14.6. The fourth-order valence-corrected chi connectivity index (χ4v) is 9.01. The van der Waals surface area contributed by atoms with Crippen LogP contribution in [0.5, 0.6) is 0 Å². The topological polar surface area (TPSA) is 82.1 Å². The lowest BCUT2D eigenvalue weighted by Gasteiger charge is -2.64. The second-order valence-corrected chi connectivity index (χ2v) is 11.6. The Balaban J connectivity index is 1.36. The van der Waals surface area contributed by atoms with Gasteiger partial charge in [0.2, 0.25) is 0 Å². The highest BCUT2D eigenvalue weighted by atomic mass is 16.5. The monoisotopic (exact) mass is 434 g/mol. The minimum absolute atomic E-state index is 0.0545. The van der Waals surface area contributed by atoms with Gasteiger partial charge in [0.15, 0.2) is 0 Å². The van der Waals surface area contributed by atoms with Gasteiger partial charge in [0.25, 0.3) is 0 Å². The van der Waals surface area contributed by atoms with Gasteiger partial charge in [0.1, 0.15) is 6.10 Å². The van der Waals surface area contributed by atoms with Gasteiger partial charge in [-0.15, -0.1) is 0 Å². The van der Waals surface area contributed by atoms with Crippen molar-refractivity contribution in [3.63, 3.8) is 0 Å². The molecule has 0 bridgehead atoms. The van der Waals surface area contributed by atoms with Crippen LogP contribution in [-0.2, 0) is 23.8 Å². The van der Waals surface area contributed by atoms with E-state index < -0.39 is 5.60 Å². The maximum atomic E-state index is 12.3. The van der Waals surface area contributed by atoms with Crippen LogP contribution in [0.15, 0.2) is 0 Å². The summed E-state index contributed by atoms with van der Waals surface area (Å²) in [5.41, 5.74) is -0.727. The van der Waals surface area contributed by atoms with Crippen molar-refractivity contribution in [2.24, 2.45) is 34.5 Å². The molecule has 4 saturated carbocycles. The zero-order valence-corrected chi connectivity index (χ0v) is 19.4. The number of esters is 2.